The fraction of sp³-hybridized carbons (Fsp3) is 0.565. The second kappa shape index (κ2) is 5.51. The van der Waals surface area contributed by atoms with Gasteiger partial charge in [0, 0.05) is 18.8 Å². The van der Waals surface area contributed by atoms with Gasteiger partial charge in [-0.15, -0.1) is 0 Å². The molecule has 0 saturated carbocycles. The molecule has 2 aliphatic carbocycles. The summed E-state index contributed by atoms with van der Waals surface area (Å²) >= 11 is 0. The maximum absolute atomic E-state index is 6.58. The van der Waals surface area contributed by atoms with Crippen LogP contribution in [0.2, 0.25) is 0 Å². The lowest BCUT2D eigenvalue weighted by Gasteiger charge is -2.44. The van der Waals surface area contributed by atoms with Crippen molar-refractivity contribution in [3.05, 3.63) is 58.6 Å². The minimum atomic E-state index is 0.363. The van der Waals surface area contributed by atoms with Gasteiger partial charge in [-0.2, -0.15) is 0 Å². The van der Waals surface area contributed by atoms with Gasteiger partial charge in [-0.3, -0.25) is 0 Å². The van der Waals surface area contributed by atoms with Crippen LogP contribution >= 0.6 is 0 Å². The van der Waals surface area contributed by atoms with Gasteiger partial charge in [0.25, 0.3) is 0 Å². The van der Waals surface area contributed by atoms with E-state index in [-0.39, 0.29) is 0 Å². The van der Waals surface area contributed by atoms with Crippen molar-refractivity contribution in [2.75, 3.05) is 0 Å². The highest BCUT2D eigenvalue weighted by molar-refractivity contribution is 5.45. The minimum absolute atomic E-state index is 0.363. The lowest BCUT2D eigenvalue weighted by molar-refractivity contribution is 0.148. The number of ether oxygens (including phenoxy) is 1. The molecule has 0 bridgehead atoms. The third kappa shape index (κ3) is 2.83. The highest BCUT2D eigenvalue weighted by atomic mass is 16.5. The van der Waals surface area contributed by atoms with E-state index in [2.05, 4.69) is 58.0 Å². The maximum atomic E-state index is 6.58. The Morgan fingerprint density at radius 2 is 1.29 bits per heavy atom. The van der Waals surface area contributed by atoms with Crippen LogP contribution in [0.3, 0.4) is 0 Å². The molecule has 1 aromatic rings. The van der Waals surface area contributed by atoms with Crippen molar-refractivity contribution >= 4 is 0 Å². The van der Waals surface area contributed by atoms with Crippen LogP contribution < -0.4 is 0 Å². The molecule has 24 heavy (non-hydrogen) atoms. The van der Waals surface area contributed by atoms with Crippen LogP contribution in [-0.4, -0.2) is 0 Å². The summed E-state index contributed by atoms with van der Waals surface area (Å²) in [5.41, 5.74) is 5.32. The smallest absolute Gasteiger partial charge is 0.104 e. The molecule has 1 heterocycles. The molecule has 0 fully saturated rings. The van der Waals surface area contributed by atoms with Crippen molar-refractivity contribution in [2.24, 2.45) is 10.8 Å². The molecular weight excluding hydrogens is 292 g/mol. The van der Waals surface area contributed by atoms with Gasteiger partial charge in [-0.25, -0.2) is 0 Å². The molecule has 1 nitrogen and oxygen atoms in total. The summed E-state index contributed by atoms with van der Waals surface area (Å²) in [7, 11) is 0. The van der Waals surface area contributed by atoms with Crippen molar-refractivity contribution in [3.8, 4) is 0 Å². The van der Waals surface area contributed by atoms with Gasteiger partial charge in [0.05, 0.1) is 0 Å². The molecule has 128 valence electrons. The topological polar surface area (TPSA) is 9.23 Å². The van der Waals surface area contributed by atoms with Crippen LogP contribution in [0.25, 0.3) is 0 Å². The Morgan fingerprint density at radius 3 is 1.79 bits per heavy atom. The lowest BCUT2D eigenvalue weighted by Crippen LogP contribution is -2.30. The number of rotatable bonds is 1. The molecule has 4 rings (SSSR count). The molecule has 0 saturated heterocycles. The Balaban J connectivity index is 1.80. The number of benzene rings is 1. The minimum Gasteiger partial charge on any atom is -0.466 e. The Labute approximate surface area is 146 Å². The van der Waals surface area contributed by atoms with E-state index in [1.807, 2.05) is 0 Å². The molecule has 0 N–H and O–H groups in total. The molecule has 0 spiro atoms. The van der Waals surface area contributed by atoms with Gasteiger partial charge >= 0.3 is 0 Å². The zero-order valence-corrected chi connectivity index (χ0v) is 15.6. The Hall–Kier alpha value is -1.50. The quantitative estimate of drug-likeness (QED) is 0.557. The first kappa shape index (κ1) is 16.0. The van der Waals surface area contributed by atoms with Crippen molar-refractivity contribution in [1.82, 2.24) is 0 Å². The highest BCUT2D eigenvalue weighted by Gasteiger charge is 2.41. The fourth-order valence-electron chi connectivity index (χ4n) is 4.72. The fourth-order valence-corrected chi connectivity index (χ4v) is 4.72. The average molecular weight is 322 g/mol. The normalized spacial score (nSPS) is 25.8. The Bertz CT molecular complexity index is 661. The molecule has 0 radical (unpaired) electrons. The molecular formula is C23H30O. The van der Waals surface area contributed by atoms with Crippen LogP contribution in [0, 0.1) is 10.8 Å². The predicted octanol–water partition coefficient (Wildman–Crippen LogP) is 6.73. The van der Waals surface area contributed by atoms with E-state index in [0.717, 1.165) is 12.8 Å². The van der Waals surface area contributed by atoms with E-state index in [1.54, 1.807) is 11.1 Å². The van der Waals surface area contributed by atoms with Crippen LogP contribution in [0.4, 0.5) is 0 Å². The van der Waals surface area contributed by atoms with Gasteiger partial charge in [0.15, 0.2) is 0 Å². The third-order valence-electron chi connectivity index (χ3n) is 6.21. The van der Waals surface area contributed by atoms with Crippen molar-refractivity contribution in [2.45, 2.75) is 72.1 Å². The first-order valence-corrected chi connectivity index (χ1v) is 9.51. The Kier molecular flexibility index (Phi) is 3.67. The standard InChI is InChI=1S/C23H30O/c1-22(2)12-10-17-19(14-22)24-20-15-23(3,4)13-11-18(20)21(17)16-8-6-5-7-9-16/h5-9,21H,10-15H2,1-4H3. The number of hydrogen-bond donors (Lipinski definition) is 0. The average Bonchev–Trinajstić information content (AvgIpc) is 2.51. The van der Waals surface area contributed by atoms with Gasteiger partial charge in [0.2, 0.25) is 0 Å². The van der Waals surface area contributed by atoms with Crippen LogP contribution in [0.1, 0.15) is 77.7 Å². The van der Waals surface area contributed by atoms with E-state index in [0.29, 0.717) is 16.7 Å². The van der Waals surface area contributed by atoms with Gasteiger partial charge in [0.1, 0.15) is 11.5 Å². The zero-order valence-electron chi connectivity index (χ0n) is 15.6. The summed E-state index contributed by atoms with van der Waals surface area (Å²) in [4.78, 5) is 0. The van der Waals surface area contributed by atoms with Gasteiger partial charge in [-0.1, -0.05) is 58.0 Å². The molecule has 0 unspecified atom stereocenters. The molecule has 1 aliphatic heterocycles. The summed E-state index contributed by atoms with van der Waals surface area (Å²) in [6, 6.07) is 11.1. The highest BCUT2D eigenvalue weighted by Crippen LogP contribution is 2.54. The molecule has 3 aliphatic rings. The van der Waals surface area contributed by atoms with Gasteiger partial charge in [-0.05, 0) is 53.2 Å². The largest absolute Gasteiger partial charge is 0.466 e. The van der Waals surface area contributed by atoms with E-state index >= 15 is 0 Å². The van der Waals surface area contributed by atoms with E-state index < -0.39 is 0 Å². The first-order valence-electron chi connectivity index (χ1n) is 9.51. The lowest BCUT2D eigenvalue weighted by atomic mass is 9.66. The van der Waals surface area contributed by atoms with Crippen molar-refractivity contribution in [1.29, 1.82) is 0 Å². The molecule has 0 atom stereocenters. The van der Waals surface area contributed by atoms with Crippen LogP contribution in [0.15, 0.2) is 53.0 Å². The Morgan fingerprint density at radius 1 is 0.792 bits per heavy atom. The second-order valence-corrected chi connectivity index (χ2v) is 9.52. The van der Waals surface area contributed by atoms with E-state index in [4.69, 9.17) is 4.74 Å². The maximum Gasteiger partial charge on any atom is 0.104 e. The first-order chi connectivity index (χ1) is 11.3. The predicted molar refractivity (Wildman–Crippen MR) is 99.6 cm³/mol. The molecule has 0 amide bonds. The van der Waals surface area contributed by atoms with Crippen LogP contribution in [-0.2, 0) is 4.74 Å². The van der Waals surface area contributed by atoms with Crippen LogP contribution in [0.5, 0.6) is 0 Å². The van der Waals surface area contributed by atoms with Crippen molar-refractivity contribution < 1.29 is 4.74 Å². The number of hydrogen-bond acceptors (Lipinski definition) is 1. The SMILES string of the molecule is CC1(C)CCC2=C(C1)OC1=C(CCC(C)(C)C1)C2c1ccccc1. The molecule has 1 aromatic carbocycles. The van der Waals surface area contributed by atoms with E-state index in [1.165, 1.54) is 42.8 Å². The monoisotopic (exact) mass is 322 g/mol. The van der Waals surface area contributed by atoms with Crippen molar-refractivity contribution in [3.63, 3.8) is 0 Å². The summed E-state index contributed by atoms with van der Waals surface area (Å²) in [5.74, 6) is 3.05. The zero-order chi connectivity index (χ0) is 16.9. The van der Waals surface area contributed by atoms with Gasteiger partial charge < -0.3 is 4.74 Å². The summed E-state index contributed by atoms with van der Waals surface area (Å²) in [5, 5.41) is 0. The second-order valence-electron chi connectivity index (χ2n) is 9.52. The number of allylic oxidation sites excluding steroid dienone is 4. The summed E-state index contributed by atoms with van der Waals surface area (Å²) < 4.78 is 6.58. The molecule has 1 heteroatoms. The summed E-state index contributed by atoms with van der Waals surface area (Å²) in [6.45, 7) is 9.53. The summed E-state index contributed by atoms with van der Waals surface area (Å²) in [6.07, 6.45) is 7.08. The third-order valence-corrected chi connectivity index (χ3v) is 6.21. The molecule has 0 aromatic heterocycles. The van der Waals surface area contributed by atoms with E-state index in [9.17, 15) is 0 Å².